The van der Waals surface area contributed by atoms with Gasteiger partial charge in [-0.1, -0.05) is 0 Å². The Labute approximate surface area is 178 Å². The van der Waals surface area contributed by atoms with Crippen molar-refractivity contribution in [1.82, 2.24) is 19.8 Å². The van der Waals surface area contributed by atoms with Crippen LogP contribution in [0.4, 0.5) is 0 Å². The van der Waals surface area contributed by atoms with E-state index < -0.39 is 0 Å². The Balaban J connectivity index is 1.23. The largest absolute Gasteiger partial charge is 0.476 e. The first-order valence-electron chi connectivity index (χ1n) is 10.9. The van der Waals surface area contributed by atoms with Gasteiger partial charge in [0.2, 0.25) is 11.8 Å². The number of ketones is 1. The van der Waals surface area contributed by atoms with E-state index in [1.807, 2.05) is 0 Å². The zero-order valence-corrected chi connectivity index (χ0v) is 17.5. The Bertz CT molecular complexity index is 731. The van der Waals surface area contributed by atoms with Crippen molar-refractivity contribution in [3.05, 3.63) is 47.8 Å². The molecular weight excluding hydrogens is 380 g/mol. The summed E-state index contributed by atoms with van der Waals surface area (Å²) in [7, 11) is 0. The monoisotopic (exact) mass is 410 g/mol. The maximum atomic E-state index is 12.7. The first-order valence-corrected chi connectivity index (χ1v) is 10.9. The SMILES string of the molecule is O=C(c1ccc(OCCN2CCCC2)nc1)c1ccc(OCCN2CCCC2)nc1. The Morgan fingerprint density at radius 1 is 0.733 bits per heavy atom. The summed E-state index contributed by atoms with van der Waals surface area (Å²) in [4.78, 5) is 26.0. The maximum absolute atomic E-state index is 12.7. The fourth-order valence-corrected chi connectivity index (χ4v) is 3.94. The summed E-state index contributed by atoms with van der Waals surface area (Å²) in [5.74, 6) is 0.985. The zero-order chi connectivity index (χ0) is 20.6. The van der Waals surface area contributed by atoms with Gasteiger partial charge in [-0.3, -0.25) is 14.6 Å². The van der Waals surface area contributed by atoms with Crippen LogP contribution in [-0.4, -0.2) is 78.0 Å². The minimum atomic E-state index is -0.109. The molecule has 2 aromatic heterocycles. The van der Waals surface area contributed by atoms with Crippen molar-refractivity contribution >= 4 is 5.78 Å². The van der Waals surface area contributed by atoms with Gasteiger partial charge in [0.15, 0.2) is 5.78 Å². The molecule has 0 aromatic carbocycles. The fourth-order valence-electron chi connectivity index (χ4n) is 3.94. The van der Waals surface area contributed by atoms with Gasteiger partial charge in [-0.05, 0) is 64.0 Å². The van der Waals surface area contributed by atoms with Crippen LogP contribution in [0.15, 0.2) is 36.7 Å². The molecule has 0 saturated carbocycles. The molecule has 0 radical (unpaired) electrons. The highest BCUT2D eigenvalue weighted by molar-refractivity contribution is 6.08. The standard InChI is InChI=1S/C23H30N4O3/c28-23(19-5-7-21(24-17-19)29-15-13-26-9-1-2-10-26)20-6-8-22(25-18-20)30-16-14-27-11-3-4-12-27/h5-8,17-18H,1-4,9-16H2. The summed E-state index contributed by atoms with van der Waals surface area (Å²) in [6, 6.07) is 7.00. The van der Waals surface area contributed by atoms with Crippen LogP contribution in [0.3, 0.4) is 0 Å². The maximum Gasteiger partial charge on any atom is 0.213 e. The second-order valence-corrected chi connectivity index (χ2v) is 7.89. The number of hydrogen-bond acceptors (Lipinski definition) is 7. The number of rotatable bonds is 10. The quantitative estimate of drug-likeness (QED) is 0.558. The van der Waals surface area contributed by atoms with Gasteiger partial charge in [0, 0.05) is 48.7 Å². The predicted molar refractivity (Wildman–Crippen MR) is 114 cm³/mol. The third kappa shape index (κ3) is 5.77. The molecule has 0 bridgehead atoms. The second kappa shape index (κ2) is 10.5. The van der Waals surface area contributed by atoms with Crippen LogP contribution in [-0.2, 0) is 0 Å². The molecule has 160 valence electrons. The van der Waals surface area contributed by atoms with Crippen molar-refractivity contribution in [2.24, 2.45) is 0 Å². The van der Waals surface area contributed by atoms with Gasteiger partial charge >= 0.3 is 0 Å². The molecule has 4 heterocycles. The third-order valence-corrected chi connectivity index (χ3v) is 5.71. The molecule has 2 saturated heterocycles. The van der Waals surface area contributed by atoms with Crippen molar-refractivity contribution in [2.75, 3.05) is 52.5 Å². The van der Waals surface area contributed by atoms with E-state index >= 15 is 0 Å². The predicted octanol–water partition coefficient (Wildman–Crippen LogP) is 2.66. The lowest BCUT2D eigenvalue weighted by Gasteiger charge is -2.14. The molecule has 30 heavy (non-hydrogen) atoms. The van der Waals surface area contributed by atoms with Crippen LogP contribution in [0.2, 0.25) is 0 Å². The van der Waals surface area contributed by atoms with Crippen LogP contribution in [0, 0.1) is 0 Å². The lowest BCUT2D eigenvalue weighted by molar-refractivity contribution is 0.103. The Morgan fingerprint density at radius 2 is 1.17 bits per heavy atom. The summed E-state index contributed by atoms with van der Waals surface area (Å²) in [6.07, 6.45) is 8.22. The number of hydrogen-bond donors (Lipinski definition) is 0. The number of aromatic nitrogens is 2. The van der Waals surface area contributed by atoms with Crippen LogP contribution in [0.5, 0.6) is 11.8 Å². The summed E-state index contributed by atoms with van der Waals surface area (Å²) < 4.78 is 11.4. The molecule has 0 aliphatic carbocycles. The van der Waals surface area contributed by atoms with Crippen molar-refractivity contribution in [1.29, 1.82) is 0 Å². The molecule has 4 rings (SSSR count). The Kier molecular flexibility index (Phi) is 7.26. The van der Waals surface area contributed by atoms with Gasteiger partial charge in [0.05, 0.1) is 0 Å². The number of likely N-dealkylation sites (tertiary alicyclic amines) is 2. The normalized spacial score (nSPS) is 17.3. The van der Waals surface area contributed by atoms with E-state index in [1.165, 1.54) is 25.7 Å². The van der Waals surface area contributed by atoms with Crippen molar-refractivity contribution in [3.8, 4) is 11.8 Å². The van der Waals surface area contributed by atoms with Crippen molar-refractivity contribution in [2.45, 2.75) is 25.7 Å². The molecule has 0 unspecified atom stereocenters. The topological polar surface area (TPSA) is 67.8 Å². The number of nitrogens with zero attached hydrogens (tertiary/aromatic N) is 4. The molecule has 2 aromatic rings. The van der Waals surface area contributed by atoms with E-state index in [4.69, 9.17) is 9.47 Å². The minimum Gasteiger partial charge on any atom is -0.476 e. The molecule has 0 amide bonds. The van der Waals surface area contributed by atoms with Gasteiger partial charge in [-0.2, -0.15) is 0 Å². The molecule has 2 fully saturated rings. The van der Waals surface area contributed by atoms with E-state index in [0.717, 1.165) is 39.3 Å². The van der Waals surface area contributed by atoms with Crippen LogP contribution in [0.25, 0.3) is 0 Å². The van der Waals surface area contributed by atoms with E-state index in [2.05, 4.69) is 19.8 Å². The van der Waals surface area contributed by atoms with Crippen LogP contribution < -0.4 is 9.47 Å². The first kappa shape index (κ1) is 20.8. The number of pyridine rings is 2. The smallest absolute Gasteiger partial charge is 0.213 e. The molecule has 7 heteroatoms. The van der Waals surface area contributed by atoms with Crippen molar-refractivity contribution < 1.29 is 14.3 Å². The van der Waals surface area contributed by atoms with Gasteiger partial charge in [-0.25, -0.2) is 9.97 Å². The molecule has 0 atom stereocenters. The Hall–Kier alpha value is -2.51. The zero-order valence-electron chi connectivity index (χ0n) is 17.5. The van der Waals surface area contributed by atoms with Gasteiger partial charge in [0.1, 0.15) is 13.2 Å². The molecular formula is C23H30N4O3. The second-order valence-electron chi connectivity index (χ2n) is 7.89. The number of ether oxygens (including phenoxy) is 2. The molecule has 0 N–H and O–H groups in total. The fraction of sp³-hybridized carbons (Fsp3) is 0.522. The third-order valence-electron chi connectivity index (χ3n) is 5.71. The molecule has 7 nitrogen and oxygen atoms in total. The molecule has 2 aliphatic heterocycles. The number of carbonyl (C=O) groups excluding carboxylic acids is 1. The summed E-state index contributed by atoms with van der Waals surface area (Å²) in [6.45, 7) is 7.68. The van der Waals surface area contributed by atoms with E-state index in [0.29, 0.717) is 36.1 Å². The lowest BCUT2D eigenvalue weighted by Crippen LogP contribution is -2.25. The van der Waals surface area contributed by atoms with Gasteiger partial charge in [-0.15, -0.1) is 0 Å². The average Bonchev–Trinajstić information content (AvgIpc) is 3.49. The van der Waals surface area contributed by atoms with E-state index in [9.17, 15) is 4.79 Å². The van der Waals surface area contributed by atoms with Crippen molar-refractivity contribution in [3.63, 3.8) is 0 Å². The van der Waals surface area contributed by atoms with Crippen LogP contribution >= 0.6 is 0 Å². The number of carbonyl (C=O) groups is 1. The Morgan fingerprint density at radius 3 is 1.53 bits per heavy atom. The van der Waals surface area contributed by atoms with Crippen LogP contribution in [0.1, 0.15) is 41.6 Å². The van der Waals surface area contributed by atoms with Gasteiger partial charge < -0.3 is 9.47 Å². The van der Waals surface area contributed by atoms with E-state index in [1.54, 1.807) is 36.7 Å². The van der Waals surface area contributed by atoms with Gasteiger partial charge in [0.25, 0.3) is 0 Å². The van der Waals surface area contributed by atoms with E-state index in [-0.39, 0.29) is 5.78 Å². The highest BCUT2D eigenvalue weighted by Crippen LogP contribution is 2.15. The average molecular weight is 411 g/mol. The summed E-state index contributed by atoms with van der Waals surface area (Å²) in [5, 5.41) is 0. The summed E-state index contributed by atoms with van der Waals surface area (Å²) >= 11 is 0. The highest BCUT2D eigenvalue weighted by Gasteiger charge is 2.14. The first-order chi connectivity index (χ1) is 14.8. The summed E-state index contributed by atoms with van der Waals surface area (Å²) in [5.41, 5.74) is 1.04. The molecule has 2 aliphatic rings. The molecule has 0 spiro atoms. The lowest BCUT2D eigenvalue weighted by atomic mass is 10.1. The highest BCUT2D eigenvalue weighted by atomic mass is 16.5. The minimum absolute atomic E-state index is 0.109.